The van der Waals surface area contributed by atoms with Crippen molar-refractivity contribution in [2.75, 3.05) is 5.32 Å². The van der Waals surface area contributed by atoms with Crippen LogP contribution in [0.5, 0.6) is 0 Å². The smallest absolute Gasteiger partial charge is 0.549 e. The summed E-state index contributed by atoms with van der Waals surface area (Å²) in [5, 5.41) is 14.5. The second-order valence-corrected chi connectivity index (χ2v) is 9.81. The Morgan fingerprint density at radius 3 is 2.11 bits per heavy atom. The van der Waals surface area contributed by atoms with Crippen LogP contribution in [0.3, 0.4) is 0 Å². The maximum atomic E-state index is 12.4. The van der Waals surface area contributed by atoms with Gasteiger partial charge in [-0.15, -0.1) is 0 Å². The third kappa shape index (κ3) is 5.65. The van der Waals surface area contributed by atoms with Crippen LogP contribution in [-0.4, -0.2) is 16.4 Å². The summed E-state index contributed by atoms with van der Waals surface area (Å²) in [6.45, 7) is 2.04. The van der Waals surface area contributed by atoms with Gasteiger partial charge in [0.1, 0.15) is 6.61 Å². The van der Waals surface area contributed by atoms with Crippen LogP contribution in [0.1, 0.15) is 36.1 Å². The van der Waals surface area contributed by atoms with Gasteiger partial charge in [0, 0.05) is 5.41 Å². The predicted molar refractivity (Wildman–Crippen MR) is 139 cm³/mol. The Labute approximate surface area is 242 Å². The van der Waals surface area contributed by atoms with Crippen molar-refractivity contribution >= 4 is 29.3 Å². The first kappa shape index (κ1) is 27.1. The van der Waals surface area contributed by atoms with E-state index in [1.807, 2.05) is 85.8 Å². The van der Waals surface area contributed by atoms with E-state index in [4.69, 9.17) is 4.74 Å². The van der Waals surface area contributed by atoms with Crippen LogP contribution in [0.2, 0.25) is 0 Å². The van der Waals surface area contributed by atoms with Crippen molar-refractivity contribution < 1.29 is 49.0 Å². The summed E-state index contributed by atoms with van der Waals surface area (Å²) in [6.07, 6.45) is 1.65. The number of ether oxygens (including phenoxy) is 1. The molecule has 182 valence electrons. The number of nitrogens with zero attached hydrogens (tertiary/aromatic N) is 1. The molecule has 0 atom stereocenters. The fourth-order valence-electron chi connectivity index (χ4n) is 4.51. The number of amides is 1. The van der Waals surface area contributed by atoms with Crippen LogP contribution >= 0.6 is 11.5 Å². The minimum Gasteiger partial charge on any atom is -0.549 e. The molecule has 1 saturated carbocycles. The van der Waals surface area contributed by atoms with Gasteiger partial charge < -0.3 is 14.6 Å². The molecule has 0 saturated heterocycles. The maximum Gasteiger partial charge on any atom is 1.00 e. The van der Waals surface area contributed by atoms with Crippen LogP contribution in [0, 0.1) is 6.92 Å². The molecule has 4 aromatic rings. The Hall–Kier alpha value is -2.97. The fourth-order valence-corrected chi connectivity index (χ4v) is 5.36. The van der Waals surface area contributed by atoms with Crippen molar-refractivity contribution in [1.29, 1.82) is 0 Å². The molecule has 1 amide bonds. The number of benzene rings is 3. The molecular weight excluding hydrogens is 495 g/mol. The average Bonchev–Trinajstić information content (AvgIpc) is 3.23. The average molecular weight is 521 g/mol. The van der Waals surface area contributed by atoms with Gasteiger partial charge in [0.15, 0.2) is 0 Å². The summed E-state index contributed by atoms with van der Waals surface area (Å²) >= 11 is 1.32. The van der Waals surface area contributed by atoms with Crippen LogP contribution < -0.4 is 40.0 Å². The molecule has 0 radical (unpaired) electrons. The van der Waals surface area contributed by atoms with Gasteiger partial charge >= 0.3 is 35.7 Å². The molecule has 0 spiro atoms. The summed E-state index contributed by atoms with van der Waals surface area (Å²) in [5.74, 6) is -0.987. The van der Waals surface area contributed by atoms with E-state index < -0.39 is 17.5 Å². The number of carbonyl (C=O) groups excluding carboxylic acids is 2. The van der Waals surface area contributed by atoms with Gasteiger partial charge in [-0.3, -0.25) is 5.32 Å². The molecule has 37 heavy (non-hydrogen) atoms. The summed E-state index contributed by atoms with van der Waals surface area (Å²) in [4.78, 5) is 25.0. The SMILES string of the molecule is Cc1nsc(-c2ccc(-c3ccc(C4(C(=O)[O-])CCC4)cc3)cc2)c1NC(=O)OCc1ccccc1.[Na+]. The van der Waals surface area contributed by atoms with E-state index in [2.05, 4.69) is 9.69 Å². The molecule has 1 heterocycles. The molecular formula is C29H25N2NaO4S. The number of nitrogens with one attached hydrogen (secondary N) is 1. The maximum absolute atomic E-state index is 12.4. The molecule has 0 unspecified atom stereocenters. The molecule has 1 N–H and O–H groups in total. The summed E-state index contributed by atoms with van der Waals surface area (Å²) in [7, 11) is 0. The Morgan fingerprint density at radius 1 is 0.946 bits per heavy atom. The second kappa shape index (κ2) is 11.6. The quantitative estimate of drug-likeness (QED) is 0.379. The zero-order valence-corrected chi connectivity index (χ0v) is 23.6. The second-order valence-electron chi connectivity index (χ2n) is 9.04. The normalized spacial score (nSPS) is 13.6. The minimum atomic E-state index is -0.987. The monoisotopic (exact) mass is 520 g/mol. The summed E-state index contributed by atoms with van der Waals surface area (Å²) in [5.41, 5.74) is 5.21. The number of anilines is 1. The third-order valence-corrected chi connectivity index (χ3v) is 7.81. The van der Waals surface area contributed by atoms with Gasteiger partial charge in [-0.1, -0.05) is 85.3 Å². The molecule has 8 heteroatoms. The van der Waals surface area contributed by atoms with Gasteiger partial charge in [0.25, 0.3) is 0 Å². The van der Waals surface area contributed by atoms with E-state index in [0.717, 1.165) is 44.8 Å². The first-order chi connectivity index (χ1) is 17.5. The number of aliphatic carboxylic acids is 1. The number of aromatic nitrogens is 1. The molecule has 1 fully saturated rings. The van der Waals surface area contributed by atoms with E-state index in [1.54, 1.807) is 0 Å². The van der Waals surface area contributed by atoms with Crippen LogP contribution in [0.4, 0.5) is 10.5 Å². The molecule has 3 aromatic carbocycles. The molecule has 1 aromatic heterocycles. The number of hydrogen-bond donors (Lipinski definition) is 1. The number of aryl methyl sites for hydroxylation is 1. The van der Waals surface area contributed by atoms with E-state index >= 15 is 0 Å². The van der Waals surface area contributed by atoms with Crippen LogP contribution in [-0.2, 0) is 21.6 Å². The topological polar surface area (TPSA) is 91.4 Å². The van der Waals surface area contributed by atoms with Gasteiger partial charge in [-0.2, -0.15) is 4.37 Å². The van der Waals surface area contributed by atoms with E-state index in [0.29, 0.717) is 18.5 Å². The zero-order valence-electron chi connectivity index (χ0n) is 20.8. The van der Waals surface area contributed by atoms with Crippen molar-refractivity contribution in [2.24, 2.45) is 0 Å². The number of carbonyl (C=O) groups is 2. The molecule has 5 rings (SSSR count). The third-order valence-electron chi connectivity index (χ3n) is 6.82. The number of carboxylic acid groups (broad SMARTS) is 1. The Bertz CT molecular complexity index is 1380. The van der Waals surface area contributed by atoms with Crippen LogP contribution in [0.15, 0.2) is 78.9 Å². The van der Waals surface area contributed by atoms with Crippen molar-refractivity contribution in [2.45, 2.75) is 38.2 Å². The van der Waals surface area contributed by atoms with Crippen molar-refractivity contribution in [3.8, 4) is 21.6 Å². The van der Waals surface area contributed by atoms with Crippen molar-refractivity contribution in [3.63, 3.8) is 0 Å². The number of carboxylic acids is 1. The fraction of sp³-hybridized carbons (Fsp3) is 0.207. The van der Waals surface area contributed by atoms with E-state index in [-0.39, 0.29) is 36.2 Å². The zero-order chi connectivity index (χ0) is 25.1. The minimum absolute atomic E-state index is 0. The Kier molecular flexibility index (Phi) is 8.49. The summed E-state index contributed by atoms with van der Waals surface area (Å²) in [6, 6.07) is 25.2. The van der Waals surface area contributed by atoms with Gasteiger partial charge in [-0.05, 0) is 59.1 Å². The molecule has 0 bridgehead atoms. The number of rotatable bonds is 7. The largest absolute Gasteiger partial charge is 1.00 e. The Morgan fingerprint density at radius 2 is 1.54 bits per heavy atom. The van der Waals surface area contributed by atoms with E-state index in [1.165, 1.54) is 11.5 Å². The van der Waals surface area contributed by atoms with Crippen molar-refractivity contribution in [1.82, 2.24) is 4.37 Å². The van der Waals surface area contributed by atoms with Gasteiger partial charge in [0.05, 0.1) is 22.2 Å². The first-order valence-electron chi connectivity index (χ1n) is 11.8. The number of hydrogen-bond acceptors (Lipinski definition) is 6. The van der Waals surface area contributed by atoms with Gasteiger partial charge in [-0.25, -0.2) is 4.79 Å². The van der Waals surface area contributed by atoms with Gasteiger partial charge in [0.2, 0.25) is 0 Å². The van der Waals surface area contributed by atoms with E-state index in [9.17, 15) is 14.7 Å². The van der Waals surface area contributed by atoms with Crippen molar-refractivity contribution in [3.05, 3.63) is 95.7 Å². The summed E-state index contributed by atoms with van der Waals surface area (Å²) < 4.78 is 9.79. The molecule has 1 aliphatic carbocycles. The van der Waals surface area contributed by atoms with Crippen LogP contribution in [0.25, 0.3) is 21.6 Å². The Balaban J connectivity index is 0.00000320. The molecule has 6 nitrogen and oxygen atoms in total. The first-order valence-corrected chi connectivity index (χ1v) is 12.6. The standard InChI is InChI=1S/C29H26N2O4S.Na/c1-19-25(30-28(34)35-18-20-6-3-2-4-7-20)26(36-31-19)23-10-8-21(9-11-23)22-12-14-24(15-13-22)29(27(32)33)16-5-17-29;/h2-4,6-15H,5,16-18H2,1H3,(H,30,34)(H,32,33);/q;+1/p-1. The molecule has 0 aliphatic heterocycles. The molecule has 1 aliphatic rings. The predicted octanol–water partition coefficient (Wildman–Crippen LogP) is 2.71.